The van der Waals surface area contributed by atoms with Crippen molar-refractivity contribution in [3.8, 4) is 0 Å². The normalized spacial score (nSPS) is 17.7. The van der Waals surface area contributed by atoms with Crippen molar-refractivity contribution in [3.63, 3.8) is 0 Å². The van der Waals surface area contributed by atoms with Gasteiger partial charge in [0.25, 0.3) is 0 Å². The van der Waals surface area contributed by atoms with Crippen molar-refractivity contribution in [2.45, 2.75) is 25.3 Å². The molecular weight excluding hydrogens is 266 g/mol. The number of rotatable bonds is 4. The Balaban J connectivity index is 2.13. The minimum Gasteiger partial charge on any atom is -0.465 e. The summed E-state index contributed by atoms with van der Waals surface area (Å²) in [5.74, 6) is -0.881. The molecule has 1 amide bonds. The van der Waals surface area contributed by atoms with Crippen LogP contribution in [0.3, 0.4) is 0 Å². The van der Waals surface area contributed by atoms with Gasteiger partial charge in [0.15, 0.2) is 0 Å². The lowest BCUT2D eigenvalue weighted by Gasteiger charge is -2.30. The maximum atomic E-state index is 13.7. The van der Waals surface area contributed by atoms with Gasteiger partial charge in [-0.15, -0.1) is 0 Å². The first-order valence-electron chi connectivity index (χ1n) is 6.70. The molecule has 20 heavy (non-hydrogen) atoms. The minimum absolute atomic E-state index is 0.134. The van der Waals surface area contributed by atoms with Crippen LogP contribution < -0.4 is 10.6 Å². The molecule has 1 aliphatic rings. The van der Waals surface area contributed by atoms with E-state index in [0.717, 1.165) is 44.1 Å². The van der Waals surface area contributed by atoms with Gasteiger partial charge >= 0.3 is 6.09 Å². The Hall–Kier alpha value is -1.69. The molecule has 1 aromatic carbocycles. The molecule has 0 radical (unpaired) electrons. The fourth-order valence-electron chi connectivity index (χ4n) is 2.68. The predicted molar refractivity (Wildman–Crippen MR) is 70.6 cm³/mol. The third-order valence-electron chi connectivity index (χ3n) is 3.71. The number of benzene rings is 1. The van der Waals surface area contributed by atoms with E-state index in [4.69, 9.17) is 5.11 Å². The molecule has 0 spiro atoms. The molecule has 0 aliphatic carbocycles. The zero-order valence-electron chi connectivity index (χ0n) is 11.0. The van der Waals surface area contributed by atoms with Crippen LogP contribution in [0.1, 0.15) is 18.4 Å². The zero-order chi connectivity index (χ0) is 14.5. The number of halogens is 2. The second-order valence-corrected chi connectivity index (χ2v) is 5.08. The van der Waals surface area contributed by atoms with Crippen LogP contribution in [0.2, 0.25) is 0 Å². The molecule has 4 nitrogen and oxygen atoms in total. The molecule has 1 fully saturated rings. The highest BCUT2D eigenvalue weighted by atomic mass is 19.1. The van der Waals surface area contributed by atoms with Gasteiger partial charge in [0, 0.05) is 6.04 Å². The van der Waals surface area contributed by atoms with E-state index in [1.807, 2.05) is 0 Å². The standard InChI is InChI=1S/C14H18F2N2O2/c15-11-1-2-12(16)10(7-11)8-13(18-14(19)20)9-3-5-17-6-4-9/h1-2,7,9,13,17-18H,3-6,8H2,(H,19,20). The number of hydrogen-bond donors (Lipinski definition) is 3. The summed E-state index contributed by atoms with van der Waals surface area (Å²) in [5, 5.41) is 14.6. The summed E-state index contributed by atoms with van der Waals surface area (Å²) in [6.07, 6.45) is 0.676. The van der Waals surface area contributed by atoms with Crippen molar-refractivity contribution in [2.24, 2.45) is 5.92 Å². The molecule has 1 atom stereocenters. The quantitative estimate of drug-likeness (QED) is 0.794. The summed E-state index contributed by atoms with van der Waals surface area (Å²) in [5.41, 5.74) is 0.210. The van der Waals surface area contributed by atoms with Crippen molar-refractivity contribution < 1.29 is 18.7 Å². The average Bonchev–Trinajstić information content (AvgIpc) is 2.42. The van der Waals surface area contributed by atoms with Gasteiger partial charge in [-0.2, -0.15) is 0 Å². The molecule has 1 aromatic rings. The first-order valence-corrected chi connectivity index (χ1v) is 6.70. The third-order valence-corrected chi connectivity index (χ3v) is 3.71. The summed E-state index contributed by atoms with van der Waals surface area (Å²) in [6.45, 7) is 1.63. The Labute approximate surface area is 116 Å². The van der Waals surface area contributed by atoms with Gasteiger partial charge in [-0.3, -0.25) is 0 Å². The molecule has 0 bridgehead atoms. The molecule has 110 valence electrons. The lowest BCUT2D eigenvalue weighted by molar-refractivity contribution is 0.179. The summed E-state index contributed by atoms with van der Waals surface area (Å²) in [4.78, 5) is 10.9. The summed E-state index contributed by atoms with van der Waals surface area (Å²) < 4.78 is 26.9. The van der Waals surface area contributed by atoms with E-state index < -0.39 is 23.8 Å². The number of carboxylic acid groups (broad SMARTS) is 1. The van der Waals surface area contributed by atoms with Crippen LogP contribution in [0.4, 0.5) is 13.6 Å². The molecular formula is C14H18F2N2O2. The van der Waals surface area contributed by atoms with E-state index in [9.17, 15) is 13.6 Å². The Kier molecular flexibility index (Phi) is 4.89. The molecule has 1 unspecified atom stereocenters. The summed E-state index contributed by atoms with van der Waals surface area (Å²) in [7, 11) is 0. The highest BCUT2D eigenvalue weighted by Crippen LogP contribution is 2.21. The Morgan fingerprint density at radius 2 is 2.10 bits per heavy atom. The van der Waals surface area contributed by atoms with Gasteiger partial charge in [-0.05, 0) is 62.0 Å². The Bertz CT molecular complexity index is 476. The van der Waals surface area contributed by atoms with Crippen molar-refractivity contribution in [3.05, 3.63) is 35.4 Å². The molecule has 1 saturated heterocycles. The number of carbonyl (C=O) groups is 1. The molecule has 2 rings (SSSR count). The van der Waals surface area contributed by atoms with E-state index >= 15 is 0 Å². The van der Waals surface area contributed by atoms with Crippen molar-refractivity contribution in [2.75, 3.05) is 13.1 Å². The van der Waals surface area contributed by atoms with Gasteiger partial charge in [0.1, 0.15) is 11.6 Å². The van der Waals surface area contributed by atoms with E-state index in [0.29, 0.717) is 0 Å². The fraction of sp³-hybridized carbons (Fsp3) is 0.500. The van der Waals surface area contributed by atoms with Crippen molar-refractivity contribution in [1.82, 2.24) is 10.6 Å². The Morgan fingerprint density at radius 3 is 2.75 bits per heavy atom. The van der Waals surface area contributed by atoms with Gasteiger partial charge < -0.3 is 15.7 Å². The zero-order valence-corrected chi connectivity index (χ0v) is 11.0. The van der Waals surface area contributed by atoms with Gasteiger partial charge in [-0.1, -0.05) is 0 Å². The van der Waals surface area contributed by atoms with Gasteiger partial charge in [0.05, 0.1) is 0 Å². The molecule has 1 heterocycles. The van der Waals surface area contributed by atoms with E-state index in [1.165, 1.54) is 0 Å². The van der Waals surface area contributed by atoms with Crippen LogP contribution in [0.15, 0.2) is 18.2 Å². The SMILES string of the molecule is O=C(O)NC(Cc1cc(F)ccc1F)C1CCNCC1. The van der Waals surface area contributed by atoms with Crippen LogP contribution in [-0.2, 0) is 6.42 Å². The fourth-order valence-corrected chi connectivity index (χ4v) is 2.68. The summed E-state index contributed by atoms with van der Waals surface area (Å²) >= 11 is 0. The van der Waals surface area contributed by atoms with Gasteiger partial charge in [0.2, 0.25) is 0 Å². The molecule has 1 aliphatic heterocycles. The van der Waals surface area contributed by atoms with Crippen LogP contribution >= 0.6 is 0 Å². The first-order chi connectivity index (χ1) is 9.56. The third kappa shape index (κ3) is 3.90. The second-order valence-electron chi connectivity index (χ2n) is 5.08. The molecule has 3 N–H and O–H groups in total. The maximum absolute atomic E-state index is 13.7. The number of piperidine rings is 1. The van der Waals surface area contributed by atoms with E-state index in [-0.39, 0.29) is 17.9 Å². The number of amides is 1. The smallest absolute Gasteiger partial charge is 0.404 e. The largest absolute Gasteiger partial charge is 0.465 e. The average molecular weight is 284 g/mol. The topological polar surface area (TPSA) is 61.4 Å². The number of hydrogen-bond acceptors (Lipinski definition) is 2. The minimum atomic E-state index is -1.13. The summed E-state index contributed by atoms with van der Waals surface area (Å²) in [6, 6.07) is 2.87. The number of nitrogens with one attached hydrogen (secondary N) is 2. The molecule has 0 aromatic heterocycles. The Morgan fingerprint density at radius 1 is 1.40 bits per heavy atom. The highest BCUT2D eigenvalue weighted by Gasteiger charge is 2.26. The maximum Gasteiger partial charge on any atom is 0.404 e. The lowest BCUT2D eigenvalue weighted by atomic mass is 9.86. The van der Waals surface area contributed by atoms with E-state index in [2.05, 4.69) is 10.6 Å². The predicted octanol–water partition coefficient (Wildman–Crippen LogP) is 2.14. The monoisotopic (exact) mass is 284 g/mol. The van der Waals surface area contributed by atoms with Crippen LogP contribution in [0, 0.1) is 17.6 Å². The van der Waals surface area contributed by atoms with Gasteiger partial charge in [-0.25, -0.2) is 13.6 Å². The molecule has 6 heteroatoms. The van der Waals surface area contributed by atoms with E-state index in [1.54, 1.807) is 0 Å². The first kappa shape index (κ1) is 14.7. The van der Waals surface area contributed by atoms with Crippen LogP contribution in [0.5, 0.6) is 0 Å². The highest BCUT2D eigenvalue weighted by molar-refractivity contribution is 5.65. The molecule has 0 saturated carbocycles. The van der Waals surface area contributed by atoms with Crippen molar-refractivity contribution in [1.29, 1.82) is 0 Å². The second kappa shape index (κ2) is 6.65. The lowest BCUT2D eigenvalue weighted by Crippen LogP contribution is -2.45. The van der Waals surface area contributed by atoms with Crippen molar-refractivity contribution >= 4 is 6.09 Å². The van der Waals surface area contributed by atoms with Crippen LogP contribution in [-0.4, -0.2) is 30.3 Å². The van der Waals surface area contributed by atoms with Crippen LogP contribution in [0.25, 0.3) is 0 Å².